The van der Waals surface area contributed by atoms with Crippen LogP contribution in [0.5, 0.6) is 0 Å². The van der Waals surface area contributed by atoms with Crippen LogP contribution < -0.4 is 10.0 Å². The number of aryl methyl sites for hydroxylation is 3. The maximum atomic E-state index is 12.5. The molecule has 0 saturated carbocycles. The summed E-state index contributed by atoms with van der Waals surface area (Å²) in [5.74, 6) is -0.240. The summed E-state index contributed by atoms with van der Waals surface area (Å²) in [6.07, 6.45) is 1.48. The summed E-state index contributed by atoms with van der Waals surface area (Å²) in [5.41, 5.74) is 3.58. The van der Waals surface area contributed by atoms with Gasteiger partial charge in [-0.15, -0.1) is 0 Å². The van der Waals surface area contributed by atoms with Gasteiger partial charge < -0.3 is 5.32 Å². The van der Waals surface area contributed by atoms with E-state index in [4.69, 9.17) is 0 Å². The van der Waals surface area contributed by atoms with Crippen LogP contribution in [-0.2, 0) is 10.0 Å². The average Bonchev–Trinajstić information content (AvgIpc) is 2.64. The van der Waals surface area contributed by atoms with Gasteiger partial charge in [-0.05, 0) is 62.7 Å². The molecule has 0 spiro atoms. The number of rotatable bonds is 5. The number of amides is 1. The Morgan fingerprint density at radius 3 is 2.36 bits per heavy atom. The molecular formula is C20H20N4O3S. The van der Waals surface area contributed by atoms with Crippen LogP contribution in [0.1, 0.15) is 27.2 Å². The molecule has 0 aliphatic rings. The highest BCUT2D eigenvalue weighted by molar-refractivity contribution is 7.92. The van der Waals surface area contributed by atoms with Crippen LogP contribution in [0.25, 0.3) is 0 Å². The molecule has 1 heterocycles. The first-order chi connectivity index (χ1) is 13.2. The number of carbonyl (C=O) groups is 1. The molecule has 0 atom stereocenters. The van der Waals surface area contributed by atoms with Gasteiger partial charge in [0, 0.05) is 23.1 Å². The second-order valence-corrected chi connectivity index (χ2v) is 8.11. The van der Waals surface area contributed by atoms with E-state index >= 15 is 0 Å². The Balaban J connectivity index is 1.75. The Hall–Kier alpha value is -3.26. The molecule has 0 aliphatic carbocycles. The van der Waals surface area contributed by atoms with Gasteiger partial charge in [-0.2, -0.15) is 0 Å². The van der Waals surface area contributed by atoms with Crippen LogP contribution in [0, 0.1) is 20.8 Å². The molecule has 0 saturated heterocycles. The van der Waals surface area contributed by atoms with Crippen molar-refractivity contribution in [3.63, 3.8) is 0 Å². The van der Waals surface area contributed by atoms with Crippen LogP contribution in [-0.4, -0.2) is 24.3 Å². The van der Waals surface area contributed by atoms with Gasteiger partial charge >= 0.3 is 0 Å². The van der Waals surface area contributed by atoms with Crippen molar-refractivity contribution in [3.05, 3.63) is 77.1 Å². The van der Waals surface area contributed by atoms with Crippen molar-refractivity contribution in [2.24, 2.45) is 0 Å². The lowest BCUT2D eigenvalue weighted by atomic mass is 10.1. The third-order valence-electron chi connectivity index (χ3n) is 4.08. The molecular weight excluding hydrogens is 376 g/mol. The predicted molar refractivity (Wildman–Crippen MR) is 108 cm³/mol. The molecule has 2 aromatic carbocycles. The smallest absolute Gasteiger partial charge is 0.264 e. The molecule has 144 valence electrons. The minimum atomic E-state index is -3.83. The van der Waals surface area contributed by atoms with Gasteiger partial charge in [0.1, 0.15) is 0 Å². The van der Waals surface area contributed by atoms with Gasteiger partial charge in [0.15, 0.2) is 0 Å². The van der Waals surface area contributed by atoms with Crippen LogP contribution in [0.4, 0.5) is 11.6 Å². The first-order valence-electron chi connectivity index (χ1n) is 8.56. The van der Waals surface area contributed by atoms with Crippen LogP contribution in [0.15, 0.2) is 59.6 Å². The molecule has 0 aliphatic heterocycles. The van der Waals surface area contributed by atoms with Gasteiger partial charge in [-0.3, -0.25) is 4.79 Å². The lowest BCUT2D eigenvalue weighted by Gasteiger charge is -2.10. The van der Waals surface area contributed by atoms with Gasteiger partial charge in [-0.25, -0.2) is 23.1 Å². The largest absolute Gasteiger partial charge is 0.322 e. The SMILES string of the molecule is Cc1ccc(C)c(C(=O)Nc2ccc(S(=O)(=O)Nc3nccc(C)n3)cc2)c1. The average molecular weight is 396 g/mol. The zero-order valence-corrected chi connectivity index (χ0v) is 16.5. The number of hydrogen-bond acceptors (Lipinski definition) is 5. The van der Waals surface area contributed by atoms with Gasteiger partial charge in [0.25, 0.3) is 15.9 Å². The summed E-state index contributed by atoms with van der Waals surface area (Å²) in [6.45, 7) is 5.52. The van der Waals surface area contributed by atoms with E-state index in [1.807, 2.05) is 32.0 Å². The van der Waals surface area contributed by atoms with Crippen molar-refractivity contribution in [2.75, 3.05) is 10.0 Å². The van der Waals surface area contributed by atoms with E-state index in [0.29, 0.717) is 16.9 Å². The zero-order valence-electron chi connectivity index (χ0n) is 15.7. The molecule has 0 radical (unpaired) electrons. The van der Waals surface area contributed by atoms with E-state index in [0.717, 1.165) is 11.1 Å². The number of carbonyl (C=O) groups excluding carboxylic acids is 1. The van der Waals surface area contributed by atoms with E-state index in [2.05, 4.69) is 20.0 Å². The summed E-state index contributed by atoms with van der Waals surface area (Å²) in [6, 6.07) is 13.2. The summed E-state index contributed by atoms with van der Waals surface area (Å²) < 4.78 is 27.3. The van der Waals surface area contributed by atoms with Crippen molar-refractivity contribution in [3.8, 4) is 0 Å². The molecule has 3 rings (SSSR count). The number of aromatic nitrogens is 2. The van der Waals surface area contributed by atoms with Crippen molar-refractivity contribution >= 4 is 27.6 Å². The van der Waals surface area contributed by atoms with E-state index < -0.39 is 10.0 Å². The standard InChI is InChI=1S/C20H20N4O3S/c1-13-4-5-14(2)18(12-13)19(25)23-16-6-8-17(9-7-16)28(26,27)24-20-21-11-10-15(3)22-20/h4-12H,1-3H3,(H,23,25)(H,21,22,24). The third kappa shape index (κ3) is 4.52. The Kier molecular flexibility index (Phi) is 5.41. The Labute approximate surface area is 163 Å². The van der Waals surface area contributed by atoms with Crippen LogP contribution in [0.2, 0.25) is 0 Å². The Morgan fingerprint density at radius 1 is 0.964 bits per heavy atom. The molecule has 1 aromatic heterocycles. The quantitative estimate of drug-likeness (QED) is 0.688. The number of benzene rings is 2. The molecule has 0 unspecified atom stereocenters. The molecule has 8 heteroatoms. The highest BCUT2D eigenvalue weighted by atomic mass is 32.2. The molecule has 7 nitrogen and oxygen atoms in total. The third-order valence-corrected chi connectivity index (χ3v) is 5.42. The minimum Gasteiger partial charge on any atom is -0.322 e. The van der Waals surface area contributed by atoms with Crippen molar-refractivity contribution in [1.29, 1.82) is 0 Å². The predicted octanol–water partition coefficient (Wildman–Crippen LogP) is 3.45. The highest BCUT2D eigenvalue weighted by Gasteiger charge is 2.16. The Morgan fingerprint density at radius 2 is 1.68 bits per heavy atom. The normalized spacial score (nSPS) is 11.1. The molecule has 3 aromatic rings. The first kappa shape index (κ1) is 19.5. The topological polar surface area (TPSA) is 101 Å². The fraction of sp³-hybridized carbons (Fsp3) is 0.150. The van der Waals surface area contributed by atoms with Crippen LogP contribution in [0.3, 0.4) is 0 Å². The summed E-state index contributed by atoms with van der Waals surface area (Å²) >= 11 is 0. The lowest BCUT2D eigenvalue weighted by molar-refractivity contribution is 0.102. The monoisotopic (exact) mass is 396 g/mol. The van der Waals surface area contributed by atoms with Gasteiger partial charge in [0.05, 0.1) is 4.90 Å². The van der Waals surface area contributed by atoms with E-state index in [9.17, 15) is 13.2 Å². The second-order valence-electron chi connectivity index (χ2n) is 6.42. The van der Waals surface area contributed by atoms with Crippen molar-refractivity contribution < 1.29 is 13.2 Å². The maximum Gasteiger partial charge on any atom is 0.264 e. The molecule has 0 bridgehead atoms. The van der Waals surface area contributed by atoms with E-state index in [1.54, 1.807) is 13.0 Å². The highest BCUT2D eigenvalue weighted by Crippen LogP contribution is 2.18. The number of nitrogens with zero attached hydrogens (tertiary/aromatic N) is 2. The molecule has 2 N–H and O–H groups in total. The fourth-order valence-corrected chi connectivity index (χ4v) is 3.52. The number of anilines is 2. The van der Waals surface area contributed by atoms with Crippen LogP contribution >= 0.6 is 0 Å². The van der Waals surface area contributed by atoms with Crippen molar-refractivity contribution in [1.82, 2.24) is 9.97 Å². The van der Waals surface area contributed by atoms with E-state index in [-0.39, 0.29) is 16.8 Å². The minimum absolute atomic E-state index is 0.00676. The summed E-state index contributed by atoms with van der Waals surface area (Å²) in [5, 5.41) is 2.78. The van der Waals surface area contributed by atoms with E-state index in [1.165, 1.54) is 30.5 Å². The van der Waals surface area contributed by atoms with Gasteiger partial charge in [-0.1, -0.05) is 17.7 Å². The second kappa shape index (κ2) is 7.77. The Bertz CT molecular complexity index is 1130. The number of hydrogen-bond donors (Lipinski definition) is 2. The fourth-order valence-electron chi connectivity index (χ4n) is 2.57. The maximum absolute atomic E-state index is 12.5. The van der Waals surface area contributed by atoms with Gasteiger partial charge in [0.2, 0.25) is 5.95 Å². The van der Waals surface area contributed by atoms with Crippen molar-refractivity contribution in [2.45, 2.75) is 25.7 Å². The summed E-state index contributed by atoms with van der Waals surface area (Å²) in [4.78, 5) is 20.5. The number of sulfonamides is 1. The number of nitrogens with one attached hydrogen (secondary N) is 2. The molecule has 0 fully saturated rings. The molecule has 1 amide bonds. The zero-order chi connectivity index (χ0) is 20.3. The summed E-state index contributed by atoms with van der Waals surface area (Å²) in [7, 11) is -3.83. The lowest BCUT2D eigenvalue weighted by Crippen LogP contribution is -2.16. The first-order valence-corrected chi connectivity index (χ1v) is 10.0. The molecule has 28 heavy (non-hydrogen) atoms.